The summed E-state index contributed by atoms with van der Waals surface area (Å²) in [5.41, 5.74) is 1.33. The largest absolute Gasteiger partial charge is 0.504 e. The van der Waals surface area contributed by atoms with Gasteiger partial charge in [0.25, 0.3) is 0 Å². The molecule has 180 valence electrons. The lowest BCUT2D eigenvalue weighted by molar-refractivity contribution is -0.162. The number of aryl methyl sites for hydroxylation is 1. The molecule has 0 radical (unpaired) electrons. The van der Waals surface area contributed by atoms with Gasteiger partial charge in [-0.2, -0.15) is 5.10 Å². The van der Waals surface area contributed by atoms with E-state index in [4.69, 9.17) is 4.74 Å². The highest BCUT2D eigenvalue weighted by Crippen LogP contribution is 2.63. The molecule has 4 atom stereocenters. The number of aliphatic hydroxyl groups is 1. The smallest absolute Gasteiger partial charge is 0.228 e. The maximum absolute atomic E-state index is 13.4. The topological polar surface area (TPSA) is 91.1 Å². The number of aromatic hydroxyl groups is 1. The Morgan fingerprint density at radius 3 is 2.85 bits per heavy atom. The molecule has 2 N–H and O–H groups in total. The van der Waals surface area contributed by atoms with E-state index in [1.807, 2.05) is 30.3 Å². The first kappa shape index (κ1) is 20.8. The van der Waals surface area contributed by atoms with Crippen LogP contribution in [0, 0.1) is 5.92 Å². The second-order valence-electron chi connectivity index (χ2n) is 11.1. The summed E-state index contributed by atoms with van der Waals surface area (Å²) in [5, 5.41) is 27.7. The van der Waals surface area contributed by atoms with Crippen molar-refractivity contribution in [3.05, 3.63) is 41.2 Å². The number of phenolic OH excluding ortho intramolecular Hbond substituents is 1. The van der Waals surface area contributed by atoms with E-state index in [1.165, 1.54) is 18.4 Å². The zero-order chi connectivity index (χ0) is 23.2. The lowest BCUT2D eigenvalue weighted by Crippen LogP contribution is -2.74. The van der Waals surface area contributed by atoms with Crippen LogP contribution in [0.25, 0.3) is 0 Å². The molecule has 2 saturated heterocycles. The summed E-state index contributed by atoms with van der Waals surface area (Å²) in [7, 11) is 1.85. The Kier molecular flexibility index (Phi) is 4.26. The summed E-state index contributed by atoms with van der Waals surface area (Å²) in [6.07, 6.45) is 6.32. The van der Waals surface area contributed by atoms with Crippen LogP contribution < -0.4 is 4.74 Å². The van der Waals surface area contributed by atoms with E-state index >= 15 is 0 Å². The molecule has 34 heavy (non-hydrogen) atoms. The highest BCUT2D eigenvalue weighted by atomic mass is 16.5. The maximum Gasteiger partial charge on any atom is 0.228 e. The summed E-state index contributed by atoms with van der Waals surface area (Å²) >= 11 is 0. The summed E-state index contributed by atoms with van der Waals surface area (Å²) < 4.78 is 8.18. The molecule has 2 bridgehead atoms. The van der Waals surface area contributed by atoms with Gasteiger partial charge in [0, 0.05) is 37.9 Å². The molecule has 8 nitrogen and oxygen atoms in total. The number of rotatable bonds is 4. The van der Waals surface area contributed by atoms with Gasteiger partial charge in [-0.1, -0.05) is 6.07 Å². The van der Waals surface area contributed by atoms with E-state index in [0.29, 0.717) is 25.3 Å². The molecule has 1 spiro atoms. The standard InChI is InChI=1S/C26H32N4O4/c1-28-9-6-18(27-28)13-22(32)30-11-8-26(33)20-12-17-4-5-19(31)24-23(17)25(26,21(15-30)34-24)7-10-29(20)14-16-2-3-16/h4-6,9,16,20-21,31,33H,2-3,7-8,10-15H2,1H3/t20-,21+,25-,26-/m1/s1. The van der Waals surface area contributed by atoms with E-state index in [0.717, 1.165) is 43.1 Å². The molecule has 3 aliphatic heterocycles. The summed E-state index contributed by atoms with van der Waals surface area (Å²) in [6, 6.07) is 5.62. The molecule has 3 fully saturated rings. The molecular formula is C26H32N4O4. The number of phenols is 1. The van der Waals surface area contributed by atoms with Crippen molar-refractivity contribution in [3.8, 4) is 11.5 Å². The van der Waals surface area contributed by atoms with Crippen molar-refractivity contribution in [3.63, 3.8) is 0 Å². The predicted octanol–water partition coefficient (Wildman–Crippen LogP) is 1.37. The van der Waals surface area contributed by atoms with Crippen molar-refractivity contribution in [1.82, 2.24) is 19.6 Å². The van der Waals surface area contributed by atoms with Gasteiger partial charge in [-0.3, -0.25) is 14.4 Å². The van der Waals surface area contributed by atoms with E-state index < -0.39 is 11.0 Å². The molecular weight excluding hydrogens is 432 g/mol. The summed E-state index contributed by atoms with van der Waals surface area (Å²) in [6.45, 7) is 2.87. The van der Waals surface area contributed by atoms with Gasteiger partial charge < -0.3 is 19.8 Å². The average Bonchev–Trinajstić information content (AvgIpc) is 3.46. The molecule has 8 heteroatoms. The van der Waals surface area contributed by atoms with Crippen molar-refractivity contribution in [2.24, 2.45) is 13.0 Å². The number of hydrogen-bond acceptors (Lipinski definition) is 6. The first-order valence-electron chi connectivity index (χ1n) is 12.6. The maximum atomic E-state index is 13.4. The third kappa shape index (κ3) is 2.72. The SMILES string of the molecule is Cn1ccc(CC(=O)N2CC[C@@]3(O)[C@H]4Cc5ccc(O)c6c5[C@@]3(CCN4CC3CC3)[C@H](C2)O6)n1. The number of amides is 1. The van der Waals surface area contributed by atoms with Crippen molar-refractivity contribution in [2.75, 3.05) is 26.2 Å². The van der Waals surface area contributed by atoms with E-state index in [1.54, 1.807) is 10.7 Å². The molecule has 1 saturated carbocycles. The lowest BCUT2D eigenvalue weighted by atomic mass is 9.52. The van der Waals surface area contributed by atoms with Crippen LogP contribution in [-0.4, -0.2) is 79.6 Å². The normalized spacial score (nSPS) is 33.9. The summed E-state index contributed by atoms with van der Waals surface area (Å²) in [5.74, 6) is 1.40. The van der Waals surface area contributed by atoms with Crippen molar-refractivity contribution in [1.29, 1.82) is 0 Å². The Bertz CT molecular complexity index is 1180. The zero-order valence-electron chi connectivity index (χ0n) is 19.6. The minimum atomic E-state index is -1.00. The molecule has 5 aliphatic rings. The van der Waals surface area contributed by atoms with Crippen LogP contribution in [0.2, 0.25) is 0 Å². The molecule has 4 heterocycles. The van der Waals surface area contributed by atoms with Crippen LogP contribution in [0.5, 0.6) is 11.5 Å². The third-order valence-electron chi connectivity index (χ3n) is 9.24. The number of hydrogen-bond donors (Lipinski definition) is 2. The van der Waals surface area contributed by atoms with Crippen LogP contribution in [0.15, 0.2) is 24.4 Å². The first-order valence-corrected chi connectivity index (χ1v) is 12.6. The number of nitrogens with zero attached hydrogens (tertiary/aromatic N) is 4. The van der Waals surface area contributed by atoms with Gasteiger partial charge in [-0.25, -0.2) is 0 Å². The number of carbonyl (C=O) groups excluding carboxylic acids is 1. The van der Waals surface area contributed by atoms with Gasteiger partial charge in [0.15, 0.2) is 11.5 Å². The Morgan fingerprint density at radius 1 is 1.24 bits per heavy atom. The minimum absolute atomic E-state index is 0.00165. The molecule has 1 aromatic heterocycles. The van der Waals surface area contributed by atoms with Crippen LogP contribution in [-0.2, 0) is 30.1 Å². The number of benzene rings is 1. The van der Waals surface area contributed by atoms with E-state index in [9.17, 15) is 15.0 Å². The van der Waals surface area contributed by atoms with Crippen LogP contribution in [0.3, 0.4) is 0 Å². The fourth-order valence-electron chi connectivity index (χ4n) is 7.45. The summed E-state index contributed by atoms with van der Waals surface area (Å²) in [4.78, 5) is 17.7. The molecule has 2 aliphatic carbocycles. The second kappa shape index (κ2) is 6.98. The third-order valence-corrected chi connectivity index (χ3v) is 9.24. The van der Waals surface area contributed by atoms with Gasteiger partial charge in [0.1, 0.15) is 6.10 Å². The number of aromatic nitrogens is 2. The van der Waals surface area contributed by atoms with Crippen molar-refractivity contribution in [2.45, 2.75) is 61.7 Å². The number of carbonyl (C=O) groups is 1. The lowest BCUT2D eigenvalue weighted by Gasteiger charge is -2.60. The molecule has 7 rings (SSSR count). The highest BCUT2D eigenvalue weighted by molar-refractivity contribution is 5.78. The molecule has 1 aromatic carbocycles. The average molecular weight is 465 g/mol. The van der Waals surface area contributed by atoms with Crippen molar-refractivity contribution < 1.29 is 19.7 Å². The predicted molar refractivity (Wildman–Crippen MR) is 124 cm³/mol. The van der Waals surface area contributed by atoms with Gasteiger partial charge in [-0.05, 0) is 62.3 Å². The highest BCUT2D eigenvalue weighted by Gasteiger charge is 2.71. The fourth-order valence-corrected chi connectivity index (χ4v) is 7.45. The van der Waals surface area contributed by atoms with Gasteiger partial charge in [0.2, 0.25) is 5.91 Å². The molecule has 1 amide bonds. The van der Waals surface area contributed by atoms with E-state index in [2.05, 4.69) is 10.00 Å². The second-order valence-corrected chi connectivity index (χ2v) is 11.1. The van der Waals surface area contributed by atoms with Gasteiger partial charge in [-0.15, -0.1) is 0 Å². The number of piperidine rings is 1. The monoisotopic (exact) mass is 464 g/mol. The quantitative estimate of drug-likeness (QED) is 0.710. The number of ether oxygens (including phenoxy) is 1. The first-order chi connectivity index (χ1) is 16.4. The van der Waals surface area contributed by atoms with E-state index in [-0.39, 0.29) is 30.2 Å². The Hall–Kier alpha value is -2.58. The minimum Gasteiger partial charge on any atom is -0.504 e. The zero-order valence-corrected chi connectivity index (χ0v) is 19.6. The molecule has 0 unspecified atom stereocenters. The van der Waals surface area contributed by atoms with Crippen LogP contribution in [0.1, 0.15) is 42.5 Å². The van der Waals surface area contributed by atoms with Crippen molar-refractivity contribution >= 4 is 5.91 Å². The van der Waals surface area contributed by atoms with Gasteiger partial charge in [0.05, 0.1) is 29.7 Å². The Labute approximate surface area is 199 Å². The van der Waals surface area contributed by atoms with Crippen LogP contribution >= 0.6 is 0 Å². The Morgan fingerprint density at radius 2 is 2.09 bits per heavy atom. The van der Waals surface area contributed by atoms with Gasteiger partial charge >= 0.3 is 0 Å². The number of likely N-dealkylation sites (tertiary alicyclic amines) is 2. The van der Waals surface area contributed by atoms with Crippen LogP contribution in [0.4, 0.5) is 0 Å². The fraction of sp³-hybridized carbons (Fsp3) is 0.615. The molecule has 2 aromatic rings. The Balaban J connectivity index is 1.29.